The number of aliphatic carboxylic acids is 10. The summed E-state index contributed by atoms with van der Waals surface area (Å²) in [6, 6.07) is 0. The molecule has 0 unspecified atom stereocenters. The number of aliphatic hydroxyl groups is 1. The van der Waals surface area contributed by atoms with Crippen LogP contribution in [0.2, 0.25) is 0 Å². The molecule has 0 aliphatic rings. The van der Waals surface area contributed by atoms with E-state index in [0.29, 0.717) is 0 Å². The van der Waals surface area contributed by atoms with E-state index in [9.17, 15) is 4.79 Å². The minimum atomic E-state index is -0.961. The zero-order chi connectivity index (χ0) is 37.2. The number of carboxylic acids is 10. The number of hydrogen-bond acceptors (Lipinski definition) is 11. The molecule has 42 heavy (non-hydrogen) atoms. The largest absolute Gasteiger partial charge is 0.481 e. The Kier molecular flexibility index (Phi) is 94.1. The minimum Gasteiger partial charge on any atom is -0.481 e. The molecule has 0 bridgehead atoms. The summed E-state index contributed by atoms with van der Waals surface area (Å²) in [5.41, 5.74) is 0. The second-order valence-corrected chi connectivity index (χ2v) is 5.54. The zero-order valence-electron chi connectivity index (χ0n) is 24.4. The van der Waals surface area contributed by atoms with Crippen LogP contribution in [0.25, 0.3) is 0 Å². The SMILES string of the molecule is CC(=O)O.CC(=O)O.CC(=O)O.CC(=O)O.CC(=O)O.CC(=O)O.CC(=O)O.CC(=O)O.CC(=O)O.O=C(O)CCO. The normalized spacial score (nSPS) is 6.52. The molecule has 0 heterocycles. The van der Waals surface area contributed by atoms with E-state index in [1.165, 1.54) is 0 Å². The molecule has 0 spiro atoms. The lowest BCUT2D eigenvalue weighted by Gasteiger charge is -1.79. The van der Waals surface area contributed by atoms with Gasteiger partial charge < -0.3 is 56.2 Å². The van der Waals surface area contributed by atoms with E-state index < -0.39 is 59.7 Å². The molecule has 0 saturated carbocycles. The monoisotopic (exact) mass is 630 g/mol. The Labute approximate surface area is 239 Å². The van der Waals surface area contributed by atoms with Gasteiger partial charge in [-0.3, -0.25) is 47.9 Å². The average molecular weight is 631 g/mol. The predicted molar refractivity (Wildman–Crippen MR) is 139 cm³/mol. The van der Waals surface area contributed by atoms with Gasteiger partial charge in [0.1, 0.15) is 0 Å². The highest BCUT2D eigenvalue weighted by Crippen LogP contribution is 1.70. The van der Waals surface area contributed by atoms with E-state index >= 15 is 0 Å². The van der Waals surface area contributed by atoms with Gasteiger partial charge in [0.2, 0.25) is 0 Å². The standard InChI is InChI=1S/C3H6O3.9C2H4O2/c4-2-1-3(5)6;9*1-2(3)4/h4H,1-2H2,(H,5,6);9*1H3,(H,3,4). The van der Waals surface area contributed by atoms with Gasteiger partial charge in [-0.25, -0.2) is 0 Å². The van der Waals surface area contributed by atoms with E-state index in [0.717, 1.165) is 62.3 Å². The number of rotatable bonds is 2. The Balaban J connectivity index is -0.0000000340. The fourth-order valence-electron chi connectivity index (χ4n) is 0.0956. The molecule has 0 aromatic rings. The van der Waals surface area contributed by atoms with E-state index in [1.54, 1.807) is 0 Å². The molecule has 11 N–H and O–H groups in total. The molecule has 21 heteroatoms. The van der Waals surface area contributed by atoms with Gasteiger partial charge in [0.05, 0.1) is 13.0 Å². The second kappa shape index (κ2) is 60.3. The average Bonchev–Trinajstić information content (AvgIpc) is 2.56. The van der Waals surface area contributed by atoms with Crippen molar-refractivity contribution in [2.45, 2.75) is 68.7 Å². The first-order valence-corrected chi connectivity index (χ1v) is 9.95. The van der Waals surface area contributed by atoms with E-state index in [4.69, 9.17) is 99.3 Å². The highest BCUT2D eigenvalue weighted by molar-refractivity contribution is 5.66. The van der Waals surface area contributed by atoms with Crippen LogP contribution in [0, 0.1) is 0 Å². The molecular formula is C21H42O21. The summed E-state index contributed by atoms with van der Waals surface area (Å²) < 4.78 is 0. The summed E-state index contributed by atoms with van der Waals surface area (Å²) in [6.07, 6.45) is -0.153. The lowest BCUT2D eigenvalue weighted by atomic mass is 10.5. The van der Waals surface area contributed by atoms with Crippen molar-refractivity contribution >= 4 is 59.7 Å². The molecule has 0 aliphatic carbocycles. The highest BCUT2D eigenvalue weighted by atomic mass is 16.4. The first-order chi connectivity index (χ1) is 18.4. The highest BCUT2D eigenvalue weighted by Gasteiger charge is 1.88. The Morgan fingerprint density at radius 3 is 0.381 bits per heavy atom. The van der Waals surface area contributed by atoms with Crippen LogP contribution >= 0.6 is 0 Å². The van der Waals surface area contributed by atoms with Crippen LogP contribution in [0.1, 0.15) is 68.7 Å². The molecule has 0 aromatic heterocycles. The Morgan fingerprint density at radius 1 is 0.310 bits per heavy atom. The van der Waals surface area contributed by atoms with Crippen LogP contribution in [0.4, 0.5) is 0 Å². The summed E-state index contributed by atoms with van der Waals surface area (Å²) in [7, 11) is 0. The van der Waals surface area contributed by atoms with Crippen LogP contribution in [-0.2, 0) is 47.9 Å². The van der Waals surface area contributed by atoms with Crippen molar-refractivity contribution < 1.29 is 104 Å². The van der Waals surface area contributed by atoms with Crippen LogP contribution in [-0.4, -0.2) is 122 Å². The first-order valence-electron chi connectivity index (χ1n) is 9.95. The Bertz CT molecular complexity index is 533. The van der Waals surface area contributed by atoms with Gasteiger partial charge in [0.25, 0.3) is 53.7 Å². The molecule has 0 fully saturated rings. The molecule has 0 amide bonds. The first kappa shape index (κ1) is 65.6. The van der Waals surface area contributed by atoms with Crippen molar-refractivity contribution in [3.8, 4) is 0 Å². The molecule has 0 radical (unpaired) electrons. The molecule has 0 aromatic carbocycles. The fraction of sp³-hybridized carbons (Fsp3) is 0.524. The van der Waals surface area contributed by atoms with Gasteiger partial charge in [0, 0.05) is 62.3 Å². The van der Waals surface area contributed by atoms with Crippen molar-refractivity contribution in [1.29, 1.82) is 0 Å². The third-order valence-corrected chi connectivity index (χ3v) is 0.326. The second-order valence-electron chi connectivity index (χ2n) is 5.54. The molecule has 0 rings (SSSR count). The van der Waals surface area contributed by atoms with E-state index in [1.807, 2.05) is 0 Å². The number of carbonyl (C=O) groups is 10. The minimum absolute atomic E-state index is 0.153. The van der Waals surface area contributed by atoms with E-state index in [-0.39, 0.29) is 13.0 Å². The molecule has 0 aliphatic heterocycles. The zero-order valence-corrected chi connectivity index (χ0v) is 24.4. The maximum absolute atomic E-state index is 9.44. The molecule has 0 atom stereocenters. The van der Waals surface area contributed by atoms with Crippen LogP contribution < -0.4 is 0 Å². The summed E-state index contributed by atoms with van der Waals surface area (Å²) >= 11 is 0. The number of carboxylic acid groups (broad SMARTS) is 10. The van der Waals surface area contributed by atoms with Crippen molar-refractivity contribution in [1.82, 2.24) is 0 Å². The fourth-order valence-corrected chi connectivity index (χ4v) is 0.0956. The van der Waals surface area contributed by atoms with Crippen molar-refractivity contribution in [3.63, 3.8) is 0 Å². The van der Waals surface area contributed by atoms with Gasteiger partial charge in [-0.05, 0) is 0 Å². The van der Waals surface area contributed by atoms with Crippen LogP contribution in [0.5, 0.6) is 0 Å². The van der Waals surface area contributed by atoms with Gasteiger partial charge in [-0.2, -0.15) is 0 Å². The topological polar surface area (TPSA) is 393 Å². The Hall–Kier alpha value is -5.34. The third-order valence-electron chi connectivity index (χ3n) is 0.326. The number of aliphatic hydroxyl groups excluding tert-OH is 1. The van der Waals surface area contributed by atoms with E-state index in [2.05, 4.69) is 0 Å². The van der Waals surface area contributed by atoms with Crippen molar-refractivity contribution in [2.24, 2.45) is 0 Å². The third kappa shape index (κ3) is 7170. The van der Waals surface area contributed by atoms with Crippen molar-refractivity contribution in [3.05, 3.63) is 0 Å². The molecular weight excluding hydrogens is 588 g/mol. The van der Waals surface area contributed by atoms with Gasteiger partial charge in [0.15, 0.2) is 0 Å². The Morgan fingerprint density at radius 2 is 0.381 bits per heavy atom. The maximum atomic E-state index is 9.44. The lowest BCUT2D eigenvalue weighted by Crippen LogP contribution is -1.96. The predicted octanol–water partition coefficient (Wildman–Crippen LogP) is 0.272. The summed E-state index contributed by atoms with van der Waals surface area (Å²) in [5, 5.41) is 82.4. The lowest BCUT2D eigenvalue weighted by molar-refractivity contribution is -0.138. The summed E-state index contributed by atoms with van der Waals surface area (Å²) in [6.45, 7) is 9.48. The van der Waals surface area contributed by atoms with Crippen LogP contribution in [0.15, 0.2) is 0 Å². The molecule has 0 saturated heterocycles. The van der Waals surface area contributed by atoms with Gasteiger partial charge in [-0.1, -0.05) is 0 Å². The quantitative estimate of drug-likeness (QED) is 0.195. The smallest absolute Gasteiger partial charge is 0.305 e. The van der Waals surface area contributed by atoms with Gasteiger partial charge in [-0.15, -0.1) is 0 Å². The maximum Gasteiger partial charge on any atom is 0.305 e. The summed E-state index contributed by atoms with van der Waals surface area (Å²) in [5.74, 6) is -8.46. The molecule has 252 valence electrons. The van der Waals surface area contributed by atoms with Crippen molar-refractivity contribution in [2.75, 3.05) is 6.61 Å². The number of hydrogen-bond donors (Lipinski definition) is 11. The molecule has 21 nitrogen and oxygen atoms in total. The van der Waals surface area contributed by atoms with Crippen LogP contribution in [0.3, 0.4) is 0 Å². The van der Waals surface area contributed by atoms with Gasteiger partial charge >= 0.3 is 5.97 Å². The summed E-state index contributed by atoms with van der Waals surface area (Å²) in [4.78, 5) is 90.4.